The zero-order chi connectivity index (χ0) is 15.7. The van der Waals surface area contributed by atoms with Gasteiger partial charge >= 0.3 is 0 Å². The summed E-state index contributed by atoms with van der Waals surface area (Å²) in [6.07, 6.45) is 0.627. The van der Waals surface area contributed by atoms with Crippen LogP contribution >= 0.6 is 0 Å². The summed E-state index contributed by atoms with van der Waals surface area (Å²) in [5, 5.41) is 0. The van der Waals surface area contributed by atoms with Crippen LogP contribution in [0, 0.1) is 0 Å². The number of benzene rings is 1. The second-order valence-corrected chi connectivity index (χ2v) is 5.93. The lowest BCUT2D eigenvalue weighted by Crippen LogP contribution is -2.35. The summed E-state index contributed by atoms with van der Waals surface area (Å²) in [4.78, 5) is 0. The molecule has 0 unspecified atom stereocenters. The number of ether oxygens (including phenoxy) is 5. The molecular weight excluding hydrogens is 284 g/mol. The summed E-state index contributed by atoms with van der Waals surface area (Å²) in [5.74, 6) is 0.176. The molecular formula is C17H22O5. The molecule has 3 rings (SSSR count). The van der Waals surface area contributed by atoms with Crippen molar-refractivity contribution in [2.75, 3.05) is 7.11 Å². The third-order valence-electron chi connectivity index (χ3n) is 3.86. The van der Waals surface area contributed by atoms with E-state index in [0.717, 1.165) is 11.3 Å². The van der Waals surface area contributed by atoms with Gasteiger partial charge in [-0.1, -0.05) is 18.2 Å². The van der Waals surface area contributed by atoms with E-state index < -0.39 is 12.1 Å². The van der Waals surface area contributed by atoms with Crippen LogP contribution in [0.25, 0.3) is 0 Å². The lowest BCUT2D eigenvalue weighted by Gasteiger charge is -2.24. The van der Waals surface area contributed by atoms with Crippen LogP contribution in [-0.2, 0) is 25.6 Å². The summed E-state index contributed by atoms with van der Waals surface area (Å²) < 4.78 is 28.6. The van der Waals surface area contributed by atoms with E-state index in [2.05, 4.69) is 6.58 Å². The third-order valence-corrected chi connectivity index (χ3v) is 3.86. The van der Waals surface area contributed by atoms with Crippen molar-refractivity contribution in [3.63, 3.8) is 0 Å². The van der Waals surface area contributed by atoms with Gasteiger partial charge in [-0.25, -0.2) is 0 Å². The van der Waals surface area contributed by atoms with E-state index in [1.807, 2.05) is 38.1 Å². The number of hydrogen-bond acceptors (Lipinski definition) is 5. The van der Waals surface area contributed by atoms with Crippen molar-refractivity contribution in [3.05, 3.63) is 42.5 Å². The molecule has 2 fully saturated rings. The average molecular weight is 306 g/mol. The molecule has 5 nitrogen and oxygen atoms in total. The molecule has 4 atom stereocenters. The van der Waals surface area contributed by atoms with Crippen LogP contribution in [0.4, 0.5) is 0 Å². The van der Waals surface area contributed by atoms with Crippen molar-refractivity contribution in [2.45, 2.75) is 50.8 Å². The third kappa shape index (κ3) is 3.03. The van der Waals surface area contributed by atoms with Crippen LogP contribution < -0.4 is 4.74 Å². The molecule has 1 aromatic rings. The second kappa shape index (κ2) is 6.01. The van der Waals surface area contributed by atoms with Crippen LogP contribution in [-0.4, -0.2) is 37.5 Å². The molecule has 22 heavy (non-hydrogen) atoms. The van der Waals surface area contributed by atoms with Crippen molar-refractivity contribution >= 4 is 0 Å². The van der Waals surface area contributed by atoms with Gasteiger partial charge in [0.2, 0.25) is 0 Å². The minimum absolute atomic E-state index is 0.230. The maximum absolute atomic E-state index is 6.03. The lowest BCUT2D eigenvalue weighted by atomic mass is 10.1. The van der Waals surface area contributed by atoms with Crippen molar-refractivity contribution in [1.82, 2.24) is 0 Å². The Morgan fingerprint density at radius 3 is 2.59 bits per heavy atom. The lowest BCUT2D eigenvalue weighted by molar-refractivity contribution is -0.213. The van der Waals surface area contributed by atoms with E-state index in [4.69, 9.17) is 23.7 Å². The Kier molecular flexibility index (Phi) is 4.23. The van der Waals surface area contributed by atoms with Crippen LogP contribution in [0.15, 0.2) is 36.9 Å². The van der Waals surface area contributed by atoms with E-state index in [9.17, 15) is 0 Å². The van der Waals surface area contributed by atoms with Crippen molar-refractivity contribution in [1.29, 1.82) is 0 Å². The summed E-state index contributed by atoms with van der Waals surface area (Å²) >= 11 is 0. The van der Waals surface area contributed by atoms with Crippen molar-refractivity contribution in [3.8, 4) is 5.75 Å². The largest absolute Gasteiger partial charge is 0.497 e. The van der Waals surface area contributed by atoms with E-state index >= 15 is 0 Å². The van der Waals surface area contributed by atoms with Gasteiger partial charge in [-0.2, -0.15) is 0 Å². The maximum Gasteiger partial charge on any atom is 0.190 e. The van der Waals surface area contributed by atoms with E-state index in [1.165, 1.54) is 0 Å². The highest BCUT2D eigenvalue weighted by Gasteiger charge is 2.54. The van der Waals surface area contributed by atoms with Gasteiger partial charge in [0.15, 0.2) is 12.1 Å². The smallest absolute Gasteiger partial charge is 0.190 e. The molecule has 2 aliphatic rings. The Bertz CT molecular complexity index is 524. The van der Waals surface area contributed by atoms with Gasteiger partial charge in [-0.15, -0.1) is 6.58 Å². The van der Waals surface area contributed by atoms with E-state index in [-0.39, 0.29) is 18.3 Å². The molecule has 120 valence electrons. The SMILES string of the molecule is C=C[C@H]1O[C@@H]2OC(C)(C)O[C@H]2[C@@H]1OCc1ccc(OC)cc1. The molecule has 1 aromatic carbocycles. The van der Waals surface area contributed by atoms with Crippen LogP contribution in [0.5, 0.6) is 5.75 Å². The first-order valence-electron chi connectivity index (χ1n) is 7.40. The molecule has 0 aromatic heterocycles. The zero-order valence-electron chi connectivity index (χ0n) is 13.2. The molecule has 0 spiro atoms. The normalized spacial score (nSPS) is 32.7. The summed E-state index contributed by atoms with van der Waals surface area (Å²) in [5.41, 5.74) is 1.06. The van der Waals surface area contributed by atoms with Crippen LogP contribution in [0.1, 0.15) is 19.4 Å². The van der Waals surface area contributed by atoms with Gasteiger partial charge in [0.1, 0.15) is 24.1 Å². The Hall–Kier alpha value is -1.40. The molecule has 0 aliphatic carbocycles. The molecule has 0 bridgehead atoms. The first kappa shape index (κ1) is 15.5. The second-order valence-electron chi connectivity index (χ2n) is 5.93. The highest BCUT2D eigenvalue weighted by molar-refractivity contribution is 5.26. The minimum atomic E-state index is -0.650. The van der Waals surface area contributed by atoms with Crippen LogP contribution in [0.2, 0.25) is 0 Å². The van der Waals surface area contributed by atoms with Gasteiger partial charge in [-0.05, 0) is 31.5 Å². The zero-order valence-corrected chi connectivity index (χ0v) is 13.2. The standard InChI is InChI=1S/C17H22O5/c1-5-13-14(15-16(20-13)22-17(2,3)21-15)19-10-11-6-8-12(18-4)9-7-11/h5-9,13-16H,1,10H2,2-4H3/t13-,14-,15+,16-/m1/s1. The van der Waals surface area contributed by atoms with Gasteiger partial charge in [0.05, 0.1) is 13.7 Å². The Balaban J connectivity index is 1.65. The van der Waals surface area contributed by atoms with Gasteiger partial charge in [0.25, 0.3) is 0 Å². The predicted octanol–water partition coefficient (Wildman–Crippen LogP) is 2.64. The Labute approximate surface area is 130 Å². The maximum atomic E-state index is 6.03. The first-order valence-corrected chi connectivity index (χ1v) is 7.40. The fourth-order valence-electron chi connectivity index (χ4n) is 2.80. The van der Waals surface area contributed by atoms with E-state index in [0.29, 0.717) is 6.61 Å². The molecule has 2 saturated heterocycles. The molecule has 0 N–H and O–H groups in total. The molecule has 2 heterocycles. The summed E-state index contributed by atoms with van der Waals surface area (Å²) in [7, 11) is 1.65. The highest BCUT2D eigenvalue weighted by Crippen LogP contribution is 2.39. The Morgan fingerprint density at radius 1 is 1.23 bits per heavy atom. The monoisotopic (exact) mass is 306 g/mol. The fraction of sp³-hybridized carbons (Fsp3) is 0.529. The van der Waals surface area contributed by atoms with Crippen LogP contribution in [0.3, 0.4) is 0 Å². The van der Waals surface area contributed by atoms with E-state index in [1.54, 1.807) is 13.2 Å². The Morgan fingerprint density at radius 2 is 1.95 bits per heavy atom. The van der Waals surface area contributed by atoms with Gasteiger partial charge in [0, 0.05) is 0 Å². The highest BCUT2D eigenvalue weighted by atomic mass is 16.8. The number of methoxy groups -OCH3 is 1. The fourth-order valence-corrected chi connectivity index (χ4v) is 2.80. The van der Waals surface area contributed by atoms with Gasteiger partial charge in [-0.3, -0.25) is 0 Å². The quantitative estimate of drug-likeness (QED) is 0.783. The van der Waals surface area contributed by atoms with Crippen molar-refractivity contribution < 1.29 is 23.7 Å². The molecule has 0 amide bonds. The minimum Gasteiger partial charge on any atom is -0.497 e. The molecule has 5 heteroatoms. The molecule has 0 radical (unpaired) electrons. The molecule has 0 saturated carbocycles. The van der Waals surface area contributed by atoms with Gasteiger partial charge < -0.3 is 23.7 Å². The first-order chi connectivity index (χ1) is 10.5. The molecule has 2 aliphatic heterocycles. The summed E-state index contributed by atoms with van der Waals surface area (Å²) in [6.45, 7) is 8.02. The van der Waals surface area contributed by atoms with Crippen molar-refractivity contribution in [2.24, 2.45) is 0 Å². The number of rotatable bonds is 5. The predicted molar refractivity (Wildman–Crippen MR) is 80.5 cm³/mol. The summed E-state index contributed by atoms with van der Waals surface area (Å²) in [6, 6.07) is 7.78. The topological polar surface area (TPSA) is 46.2 Å². The average Bonchev–Trinajstić information content (AvgIpc) is 2.97. The number of fused-ring (bicyclic) bond motifs is 1. The number of hydrogen-bond donors (Lipinski definition) is 0.